The van der Waals surface area contributed by atoms with Gasteiger partial charge in [0.1, 0.15) is 5.02 Å². The van der Waals surface area contributed by atoms with E-state index in [0.717, 1.165) is 0 Å². The van der Waals surface area contributed by atoms with Crippen LogP contribution in [0.15, 0.2) is 12.1 Å². The minimum absolute atomic E-state index is 0.0194. The highest BCUT2D eigenvalue weighted by Gasteiger charge is 2.35. The molecule has 0 radical (unpaired) electrons. The van der Waals surface area contributed by atoms with Crippen molar-refractivity contribution in [1.82, 2.24) is 15.1 Å². The number of hydrogen-bond acceptors (Lipinski definition) is 5. The van der Waals surface area contributed by atoms with Crippen LogP contribution < -0.4 is 5.32 Å². The second-order valence-electron chi connectivity index (χ2n) is 8.59. The summed E-state index contributed by atoms with van der Waals surface area (Å²) in [6.07, 6.45) is 0.383. The van der Waals surface area contributed by atoms with Crippen LogP contribution in [0.1, 0.15) is 37.7 Å². The van der Waals surface area contributed by atoms with E-state index < -0.39 is 10.8 Å². The van der Waals surface area contributed by atoms with E-state index in [9.17, 15) is 28.5 Å². The average molecular weight is 507 g/mol. The number of piperazine rings is 1. The molecule has 2 aliphatic rings. The Morgan fingerprint density at radius 2 is 1.79 bits per heavy atom. The number of amides is 2. The zero-order chi connectivity index (χ0) is 24.2. The maximum atomic E-state index is 13.2. The van der Waals surface area contributed by atoms with Crippen molar-refractivity contribution in [2.75, 3.05) is 32.7 Å². The molecule has 1 saturated carbocycles. The van der Waals surface area contributed by atoms with E-state index in [1.807, 2.05) is 4.90 Å². The fourth-order valence-electron chi connectivity index (χ4n) is 4.26. The van der Waals surface area contributed by atoms with E-state index in [4.69, 9.17) is 23.2 Å². The van der Waals surface area contributed by atoms with Crippen LogP contribution in [0.25, 0.3) is 0 Å². The molecule has 1 heterocycles. The van der Waals surface area contributed by atoms with Gasteiger partial charge < -0.3 is 10.2 Å². The molecule has 0 aromatic heterocycles. The largest absolute Gasteiger partial charge is 0.347 e. The van der Waals surface area contributed by atoms with Crippen molar-refractivity contribution in [3.63, 3.8) is 0 Å². The number of nitrogens with zero attached hydrogens (tertiary/aromatic N) is 3. The van der Waals surface area contributed by atoms with Gasteiger partial charge in [-0.05, 0) is 30.9 Å². The summed E-state index contributed by atoms with van der Waals surface area (Å²) >= 11 is 12.0. The molecule has 1 saturated heterocycles. The van der Waals surface area contributed by atoms with Crippen LogP contribution in [0.3, 0.4) is 0 Å². The molecule has 1 aliphatic carbocycles. The second kappa shape index (κ2) is 10.9. The summed E-state index contributed by atoms with van der Waals surface area (Å²) in [7, 11) is 0. The standard InChI is InChI=1S/C21H26Cl2F2N4O4/c22-16-10-15(20(29(32)33)17(23)11-16)13-27-5-7-28(8-6-27)19(31)12-26-18(30)9-14-1-3-21(24,25)4-2-14/h10-11,14H,1-9,12-13H2,(H,26,30). The van der Waals surface area contributed by atoms with Crippen molar-refractivity contribution in [1.29, 1.82) is 0 Å². The Kier molecular flexibility index (Phi) is 8.47. The van der Waals surface area contributed by atoms with E-state index in [0.29, 0.717) is 49.6 Å². The van der Waals surface area contributed by atoms with Crippen molar-refractivity contribution in [2.45, 2.75) is 44.6 Å². The molecule has 2 amide bonds. The van der Waals surface area contributed by atoms with Crippen LogP contribution in [-0.4, -0.2) is 65.2 Å². The SMILES string of the molecule is O=C(CC1CCC(F)(F)CC1)NCC(=O)N1CCN(Cc2cc(Cl)cc(Cl)c2[N+](=O)[O-])CC1. The van der Waals surface area contributed by atoms with Gasteiger partial charge in [-0.2, -0.15) is 0 Å². The van der Waals surface area contributed by atoms with E-state index >= 15 is 0 Å². The number of rotatable bonds is 7. The lowest BCUT2D eigenvalue weighted by molar-refractivity contribution is -0.385. The fourth-order valence-corrected chi connectivity index (χ4v) is 4.87. The van der Waals surface area contributed by atoms with Crippen LogP contribution in [0, 0.1) is 16.0 Å². The molecule has 1 N–H and O–H groups in total. The van der Waals surface area contributed by atoms with E-state index in [-0.39, 0.29) is 60.8 Å². The summed E-state index contributed by atoms with van der Waals surface area (Å²) in [6, 6.07) is 2.85. The molecule has 1 aromatic rings. The van der Waals surface area contributed by atoms with Crippen molar-refractivity contribution in [3.05, 3.63) is 37.9 Å². The lowest BCUT2D eigenvalue weighted by Crippen LogP contribution is -2.51. The first kappa shape index (κ1) is 25.6. The topological polar surface area (TPSA) is 95.8 Å². The first-order valence-corrected chi connectivity index (χ1v) is 11.6. The Hall–Kier alpha value is -2.04. The molecule has 33 heavy (non-hydrogen) atoms. The third kappa shape index (κ3) is 7.22. The predicted molar refractivity (Wildman–Crippen MR) is 120 cm³/mol. The Morgan fingerprint density at radius 3 is 2.39 bits per heavy atom. The van der Waals surface area contributed by atoms with Gasteiger partial charge in [0, 0.05) is 62.6 Å². The smallest absolute Gasteiger partial charge is 0.292 e. The third-order valence-electron chi connectivity index (χ3n) is 6.16. The summed E-state index contributed by atoms with van der Waals surface area (Å²) in [4.78, 5) is 39.0. The van der Waals surface area contributed by atoms with Crippen LogP contribution in [0.2, 0.25) is 10.0 Å². The molecule has 3 rings (SSSR count). The lowest BCUT2D eigenvalue weighted by atomic mass is 9.84. The summed E-state index contributed by atoms with van der Waals surface area (Å²) < 4.78 is 26.4. The van der Waals surface area contributed by atoms with Gasteiger partial charge >= 0.3 is 0 Å². The molecular formula is C21H26Cl2F2N4O4. The highest BCUT2D eigenvalue weighted by Crippen LogP contribution is 2.37. The van der Waals surface area contributed by atoms with Gasteiger partial charge in [-0.25, -0.2) is 8.78 Å². The second-order valence-corrected chi connectivity index (χ2v) is 9.43. The molecular weight excluding hydrogens is 481 g/mol. The molecule has 0 spiro atoms. The quantitative estimate of drug-likeness (QED) is 0.447. The number of carbonyl (C=O) groups is 2. The molecule has 2 fully saturated rings. The number of nitro benzene ring substituents is 1. The maximum absolute atomic E-state index is 13.2. The van der Waals surface area contributed by atoms with Gasteiger partial charge in [0.2, 0.25) is 17.7 Å². The number of carbonyl (C=O) groups excluding carboxylic acids is 2. The van der Waals surface area contributed by atoms with Crippen molar-refractivity contribution in [2.24, 2.45) is 5.92 Å². The average Bonchev–Trinajstić information content (AvgIpc) is 2.73. The van der Waals surface area contributed by atoms with Gasteiger partial charge in [-0.15, -0.1) is 0 Å². The Bertz CT molecular complexity index is 900. The Morgan fingerprint density at radius 1 is 1.15 bits per heavy atom. The highest BCUT2D eigenvalue weighted by molar-refractivity contribution is 6.36. The maximum Gasteiger partial charge on any atom is 0.292 e. The Labute approximate surface area is 200 Å². The van der Waals surface area contributed by atoms with E-state index in [1.54, 1.807) is 4.90 Å². The highest BCUT2D eigenvalue weighted by atomic mass is 35.5. The molecule has 0 unspecified atom stereocenters. The van der Waals surface area contributed by atoms with Crippen molar-refractivity contribution >= 4 is 40.7 Å². The molecule has 8 nitrogen and oxygen atoms in total. The Balaban J connectivity index is 1.42. The third-order valence-corrected chi connectivity index (χ3v) is 6.66. The zero-order valence-corrected chi connectivity index (χ0v) is 19.5. The summed E-state index contributed by atoms with van der Waals surface area (Å²) in [5.74, 6) is -3.24. The first-order valence-electron chi connectivity index (χ1n) is 10.8. The minimum atomic E-state index is -2.63. The lowest BCUT2D eigenvalue weighted by Gasteiger charge is -2.34. The van der Waals surface area contributed by atoms with Gasteiger partial charge in [-0.3, -0.25) is 24.6 Å². The van der Waals surface area contributed by atoms with Crippen LogP contribution in [-0.2, 0) is 16.1 Å². The molecule has 1 aromatic carbocycles. The first-order chi connectivity index (χ1) is 15.5. The molecule has 0 bridgehead atoms. The van der Waals surface area contributed by atoms with Crippen LogP contribution >= 0.6 is 23.2 Å². The normalized spacial score (nSPS) is 19.3. The van der Waals surface area contributed by atoms with E-state index in [1.165, 1.54) is 12.1 Å². The fraction of sp³-hybridized carbons (Fsp3) is 0.619. The number of alkyl halides is 2. The number of hydrogen-bond donors (Lipinski definition) is 1. The number of nitro groups is 1. The number of benzene rings is 1. The van der Waals surface area contributed by atoms with Gasteiger partial charge in [0.15, 0.2) is 0 Å². The van der Waals surface area contributed by atoms with Crippen LogP contribution in [0.4, 0.5) is 14.5 Å². The van der Waals surface area contributed by atoms with Crippen molar-refractivity contribution < 1.29 is 23.3 Å². The summed E-state index contributed by atoms with van der Waals surface area (Å²) in [5.41, 5.74) is 0.231. The minimum Gasteiger partial charge on any atom is -0.347 e. The summed E-state index contributed by atoms with van der Waals surface area (Å²) in [5, 5.41) is 14.2. The van der Waals surface area contributed by atoms with Gasteiger partial charge in [0.05, 0.1) is 11.5 Å². The molecule has 1 aliphatic heterocycles. The molecule has 0 atom stereocenters. The van der Waals surface area contributed by atoms with Crippen LogP contribution in [0.5, 0.6) is 0 Å². The monoisotopic (exact) mass is 506 g/mol. The van der Waals surface area contributed by atoms with Gasteiger partial charge in [0.25, 0.3) is 5.69 Å². The van der Waals surface area contributed by atoms with Gasteiger partial charge in [-0.1, -0.05) is 23.2 Å². The molecule has 182 valence electrons. The zero-order valence-electron chi connectivity index (χ0n) is 18.0. The molecule has 12 heteroatoms. The number of halogens is 4. The number of nitrogens with one attached hydrogen (secondary N) is 1. The summed E-state index contributed by atoms with van der Waals surface area (Å²) in [6.45, 7) is 1.95. The predicted octanol–water partition coefficient (Wildman–Crippen LogP) is 3.88. The van der Waals surface area contributed by atoms with E-state index in [2.05, 4.69) is 5.32 Å². The van der Waals surface area contributed by atoms with Crippen molar-refractivity contribution in [3.8, 4) is 0 Å².